The van der Waals surface area contributed by atoms with Crippen LogP contribution < -0.4 is 11.0 Å². The Balaban J connectivity index is 1.96. The van der Waals surface area contributed by atoms with E-state index in [4.69, 9.17) is 0 Å². The molecule has 21 heavy (non-hydrogen) atoms. The monoisotopic (exact) mass is 314 g/mol. The number of aromatic nitrogens is 3. The molecule has 1 aliphatic rings. The van der Waals surface area contributed by atoms with E-state index >= 15 is 0 Å². The first kappa shape index (κ1) is 16.1. The standard InChI is InChI=1S/C13H22N4O3S/c1-8(2)14-13(3,10(18)19)6-7-21-12-16-15-11(20)17(12)9-4-5-9/h8-9,14H,4-7H2,1-3H3,(H,15,20)(H,18,19). The van der Waals surface area contributed by atoms with Crippen LogP contribution in [0.1, 0.15) is 46.1 Å². The molecule has 1 heterocycles. The molecule has 118 valence electrons. The third-order valence-corrected chi connectivity index (χ3v) is 4.45. The summed E-state index contributed by atoms with van der Waals surface area (Å²) in [5.41, 5.74) is -1.15. The van der Waals surface area contributed by atoms with Crippen molar-refractivity contribution in [2.75, 3.05) is 5.75 Å². The van der Waals surface area contributed by atoms with Gasteiger partial charge in [0.2, 0.25) is 0 Å². The van der Waals surface area contributed by atoms with Gasteiger partial charge in [-0.2, -0.15) is 0 Å². The van der Waals surface area contributed by atoms with Crippen molar-refractivity contribution >= 4 is 17.7 Å². The number of hydrogen-bond acceptors (Lipinski definition) is 5. The fourth-order valence-corrected chi connectivity index (χ4v) is 3.45. The second kappa shape index (κ2) is 6.23. The smallest absolute Gasteiger partial charge is 0.344 e. The van der Waals surface area contributed by atoms with Crippen LogP contribution in [0.4, 0.5) is 0 Å². The Morgan fingerprint density at radius 2 is 2.29 bits per heavy atom. The minimum Gasteiger partial charge on any atom is -0.480 e. The maximum Gasteiger partial charge on any atom is 0.344 e. The molecule has 8 heteroatoms. The molecule has 0 radical (unpaired) electrons. The van der Waals surface area contributed by atoms with E-state index in [0.29, 0.717) is 17.3 Å². The largest absolute Gasteiger partial charge is 0.480 e. The van der Waals surface area contributed by atoms with E-state index in [1.807, 2.05) is 13.8 Å². The predicted molar refractivity (Wildman–Crippen MR) is 80.8 cm³/mol. The van der Waals surface area contributed by atoms with E-state index in [1.165, 1.54) is 11.8 Å². The van der Waals surface area contributed by atoms with E-state index in [0.717, 1.165) is 12.8 Å². The van der Waals surface area contributed by atoms with Gasteiger partial charge in [0.1, 0.15) is 5.54 Å². The molecule has 7 nitrogen and oxygen atoms in total. The number of carboxylic acid groups (broad SMARTS) is 1. The molecule has 2 rings (SSSR count). The van der Waals surface area contributed by atoms with Crippen molar-refractivity contribution in [1.82, 2.24) is 20.1 Å². The second-order valence-corrected chi connectivity index (χ2v) is 7.01. The number of nitrogens with one attached hydrogen (secondary N) is 2. The van der Waals surface area contributed by atoms with Crippen molar-refractivity contribution in [2.24, 2.45) is 0 Å². The molecule has 1 fully saturated rings. The highest BCUT2D eigenvalue weighted by molar-refractivity contribution is 7.99. The van der Waals surface area contributed by atoms with Gasteiger partial charge < -0.3 is 5.11 Å². The number of hydrogen-bond donors (Lipinski definition) is 3. The molecule has 0 amide bonds. The van der Waals surface area contributed by atoms with Crippen molar-refractivity contribution in [1.29, 1.82) is 0 Å². The third kappa shape index (κ3) is 3.88. The average molecular weight is 314 g/mol. The molecule has 1 aromatic rings. The lowest BCUT2D eigenvalue weighted by Crippen LogP contribution is -2.52. The number of rotatable bonds is 8. The predicted octanol–water partition coefficient (Wildman–Crippen LogP) is 1.23. The summed E-state index contributed by atoms with van der Waals surface area (Å²) < 4.78 is 1.68. The van der Waals surface area contributed by atoms with Crippen LogP contribution >= 0.6 is 11.8 Å². The number of thioether (sulfide) groups is 1. The zero-order valence-electron chi connectivity index (χ0n) is 12.5. The molecule has 1 saturated carbocycles. The lowest BCUT2D eigenvalue weighted by atomic mass is 9.98. The number of nitrogens with zero attached hydrogens (tertiary/aromatic N) is 2. The summed E-state index contributed by atoms with van der Waals surface area (Å²) in [5, 5.41) is 19.6. The summed E-state index contributed by atoms with van der Waals surface area (Å²) in [7, 11) is 0. The summed E-state index contributed by atoms with van der Waals surface area (Å²) in [6.45, 7) is 5.54. The van der Waals surface area contributed by atoms with Gasteiger partial charge in [-0.3, -0.25) is 14.7 Å². The van der Waals surface area contributed by atoms with Crippen molar-refractivity contribution in [3.8, 4) is 0 Å². The Morgan fingerprint density at radius 1 is 1.62 bits per heavy atom. The van der Waals surface area contributed by atoms with Gasteiger partial charge >= 0.3 is 11.7 Å². The molecule has 1 aromatic heterocycles. The molecule has 0 saturated heterocycles. The SMILES string of the molecule is CC(C)NC(C)(CCSc1n[nH]c(=O)n1C1CC1)C(=O)O. The first-order chi connectivity index (χ1) is 9.83. The van der Waals surface area contributed by atoms with Crippen molar-refractivity contribution in [3.63, 3.8) is 0 Å². The summed E-state index contributed by atoms with van der Waals surface area (Å²) in [6, 6.07) is 0.351. The first-order valence-electron chi connectivity index (χ1n) is 7.14. The molecular formula is C13H22N4O3S. The highest BCUT2D eigenvalue weighted by atomic mass is 32.2. The van der Waals surface area contributed by atoms with E-state index in [-0.39, 0.29) is 17.8 Å². The van der Waals surface area contributed by atoms with Crippen molar-refractivity contribution in [2.45, 2.75) is 62.8 Å². The molecule has 0 aliphatic heterocycles. The highest BCUT2D eigenvalue weighted by Gasteiger charge is 2.34. The van der Waals surface area contributed by atoms with Crippen molar-refractivity contribution < 1.29 is 9.90 Å². The second-order valence-electron chi connectivity index (χ2n) is 5.95. The number of carboxylic acids is 1. The molecule has 0 spiro atoms. The normalized spacial score (nSPS) is 17.9. The minimum atomic E-state index is -0.970. The quantitative estimate of drug-likeness (QED) is 0.624. The zero-order valence-corrected chi connectivity index (χ0v) is 13.4. The van der Waals surface area contributed by atoms with Gasteiger partial charge in [0.15, 0.2) is 5.16 Å². The van der Waals surface area contributed by atoms with Gasteiger partial charge in [-0.05, 0) is 40.0 Å². The van der Waals surface area contributed by atoms with Gasteiger partial charge in [0.25, 0.3) is 0 Å². The fraction of sp³-hybridized carbons (Fsp3) is 0.769. The molecular weight excluding hydrogens is 292 g/mol. The molecule has 1 aliphatic carbocycles. The van der Waals surface area contributed by atoms with Crippen molar-refractivity contribution in [3.05, 3.63) is 10.5 Å². The molecule has 1 atom stereocenters. The van der Waals surface area contributed by atoms with Gasteiger partial charge in [0.05, 0.1) is 0 Å². The third-order valence-electron chi connectivity index (χ3n) is 3.50. The van der Waals surface area contributed by atoms with E-state index in [1.54, 1.807) is 11.5 Å². The van der Waals surface area contributed by atoms with E-state index in [9.17, 15) is 14.7 Å². The topological polar surface area (TPSA) is 100 Å². The van der Waals surface area contributed by atoms with Crippen LogP contribution in [-0.4, -0.2) is 43.2 Å². The van der Waals surface area contributed by atoms with E-state index < -0.39 is 11.5 Å². The molecule has 3 N–H and O–H groups in total. The summed E-state index contributed by atoms with van der Waals surface area (Å²) in [6.07, 6.45) is 2.47. The maximum absolute atomic E-state index is 11.7. The number of aliphatic carboxylic acids is 1. The maximum atomic E-state index is 11.7. The van der Waals surface area contributed by atoms with Crippen LogP contribution in [0.15, 0.2) is 9.95 Å². The Hall–Kier alpha value is -1.28. The number of H-pyrrole nitrogens is 1. The summed E-state index contributed by atoms with van der Waals surface area (Å²) in [5.74, 6) is -0.280. The number of aromatic amines is 1. The van der Waals surface area contributed by atoms with Crippen LogP contribution in [0.3, 0.4) is 0 Å². The minimum absolute atomic E-state index is 0.0890. The highest BCUT2D eigenvalue weighted by Crippen LogP contribution is 2.36. The van der Waals surface area contributed by atoms with Crippen LogP contribution in [0, 0.1) is 0 Å². The lowest BCUT2D eigenvalue weighted by Gasteiger charge is -2.28. The zero-order chi connectivity index (χ0) is 15.6. The van der Waals surface area contributed by atoms with Crippen LogP contribution in [0.25, 0.3) is 0 Å². The average Bonchev–Trinajstić information content (AvgIpc) is 3.13. The fourth-order valence-electron chi connectivity index (χ4n) is 2.27. The molecule has 1 unspecified atom stereocenters. The van der Waals surface area contributed by atoms with Crippen LogP contribution in [0.5, 0.6) is 0 Å². The summed E-state index contributed by atoms with van der Waals surface area (Å²) in [4.78, 5) is 23.1. The Kier molecular flexibility index (Phi) is 4.77. The van der Waals surface area contributed by atoms with E-state index in [2.05, 4.69) is 15.5 Å². The Bertz CT molecular complexity index is 564. The lowest BCUT2D eigenvalue weighted by molar-refractivity contribution is -0.144. The summed E-state index contributed by atoms with van der Waals surface area (Å²) >= 11 is 1.42. The molecule has 0 bridgehead atoms. The van der Waals surface area contributed by atoms with Crippen LogP contribution in [0.2, 0.25) is 0 Å². The molecule has 0 aromatic carbocycles. The Morgan fingerprint density at radius 3 is 2.81 bits per heavy atom. The van der Waals surface area contributed by atoms with Gasteiger partial charge in [-0.15, -0.1) is 5.10 Å². The van der Waals surface area contributed by atoms with Gasteiger partial charge in [-0.1, -0.05) is 11.8 Å². The van der Waals surface area contributed by atoms with Crippen LogP contribution in [-0.2, 0) is 4.79 Å². The first-order valence-corrected chi connectivity index (χ1v) is 8.13. The van der Waals surface area contributed by atoms with Gasteiger partial charge in [0, 0.05) is 17.8 Å². The van der Waals surface area contributed by atoms with Gasteiger partial charge in [-0.25, -0.2) is 9.89 Å². The Labute approximate surface area is 127 Å². The number of carbonyl (C=O) groups is 1.